The first-order chi connectivity index (χ1) is 6.18. The minimum absolute atomic E-state index is 0.00805. The lowest BCUT2D eigenvalue weighted by Crippen LogP contribution is -2.16. The van der Waals surface area contributed by atoms with Crippen LogP contribution in [0.25, 0.3) is 0 Å². The van der Waals surface area contributed by atoms with Gasteiger partial charge in [-0.2, -0.15) is 0 Å². The fraction of sp³-hybridized carbons (Fsp3) is 0.900. The number of rotatable bonds is 3. The van der Waals surface area contributed by atoms with Crippen molar-refractivity contribution in [2.45, 2.75) is 49.6 Å². The molecule has 1 aliphatic carbocycles. The van der Waals surface area contributed by atoms with Gasteiger partial charge in [0, 0.05) is 6.42 Å². The Morgan fingerprint density at radius 1 is 1.46 bits per heavy atom. The van der Waals surface area contributed by atoms with Crippen LogP contribution in [-0.4, -0.2) is 10.1 Å². The third kappa shape index (κ3) is 4.84. The van der Waals surface area contributed by atoms with E-state index in [4.69, 9.17) is 4.74 Å². The van der Waals surface area contributed by atoms with Crippen LogP contribution in [-0.2, 0) is 9.53 Å². The summed E-state index contributed by atoms with van der Waals surface area (Å²) < 4.78 is 5.11. The molecule has 13 heavy (non-hydrogen) atoms. The van der Waals surface area contributed by atoms with E-state index < -0.39 is 0 Å². The summed E-state index contributed by atoms with van der Waals surface area (Å²) in [4.78, 5) is 11.3. The predicted molar refractivity (Wildman–Crippen MR) is 60.8 cm³/mol. The van der Waals surface area contributed by atoms with Gasteiger partial charge in [0.1, 0.15) is 4.11 Å². The van der Waals surface area contributed by atoms with Crippen molar-refractivity contribution in [3.05, 3.63) is 0 Å². The van der Waals surface area contributed by atoms with Crippen molar-refractivity contribution in [2.24, 2.45) is 5.92 Å². The van der Waals surface area contributed by atoms with Gasteiger partial charge >= 0.3 is 5.97 Å². The number of halogens is 1. The zero-order valence-electron chi connectivity index (χ0n) is 8.09. The van der Waals surface area contributed by atoms with E-state index >= 15 is 0 Å². The third-order valence-corrected chi connectivity index (χ3v) is 2.73. The van der Waals surface area contributed by atoms with Crippen molar-refractivity contribution in [2.75, 3.05) is 0 Å². The summed E-state index contributed by atoms with van der Waals surface area (Å²) in [6, 6.07) is 0. The maximum Gasteiger partial charge on any atom is 0.307 e. The molecule has 0 bridgehead atoms. The molecule has 76 valence electrons. The number of hydrogen-bond donors (Lipinski definition) is 0. The summed E-state index contributed by atoms with van der Waals surface area (Å²) in [5.41, 5.74) is 0. The Morgan fingerprint density at radius 3 is 2.62 bits per heavy atom. The Kier molecular flexibility index (Phi) is 5.06. The van der Waals surface area contributed by atoms with Gasteiger partial charge in [-0.15, -0.1) is 0 Å². The summed E-state index contributed by atoms with van der Waals surface area (Å²) >= 11 is 2.11. The fourth-order valence-corrected chi connectivity index (χ4v) is 2.14. The number of carbonyl (C=O) groups excluding carboxylic acids is 1. The first-order valence-corrected chi connectivity index (χ1v) is 6.26. The van der Waals surface area contributed by atoms with Gasteiger partial charge in [-0.3, -0.25) is 4.79 Å². The molecule has 0 radical (unpaired) electrons. The molecule has 2 nitrogen and oxygen atoms in total. The molecule has 1 rings (SSSR count). The Bertz CT molecular complexity index is 162. The van der Waals surface area contributed by atoms with Crippen LogP contribution >= 0.6 is 22.6 Å². The van der Waals surface area contributed by atoms with Gasteiger partial charge in [0.2, 0.25) is 0 Å². The van der Waals surface area contributed by atoms with Gasteiger partial charge in [0.25, 0.3) is 0 Å². The second-order valence-corrected chi connectivity index (χ2v) is 5.50. The minimum atomic E-state index is -0.0196. The number of ether oxygens (including phenoxy) is 1. The Hall–Kier alpha value is 0.200. The van der Waals surface area contributed by atoms with Crippen LogP contribution in [0.3, 0.4) is 0 Å². The number of esters is 1. The average molecular weight is 296 g/mol. The first kappa shape index (κ1) is 11.3. The summed E-state index contributed by atoms with van der Waals surface area (Å²) in [5, 5.41) is 0. The lowest BCUT2D eigenvalue weighted by Gasteiger charge is -2.20. The quantitative estimate of drug-likeness (QED) is 0.454. The van der Waals surface area contributed by atoms with E-state index in [9.17, 15) is 4.79 Å². The molecule has 1 atom stereocenters. The van der Waals surface area contributed by atoms with Crippen LogP contribution in [0.2, 0.25) is 0 Å². The van der Waals surface area contributed by atoms with E-state index in [1.165, 1.54) is 32.1 Å². The van der Waals surface area contributed by atoms with Gasteiger partial charge in [-0.25, -0.2) is 0 Å². The Labute approximate surface area is 93.6 Å². The topological polar surface area (TPSA) is 26.3 Å². The largest absolute Gasteiger partial charge is 0.452 e. The zero-order chi connectivity index (χ0) is 9.68. The fourth-order valence-electron chi connectivity index (χ4n) is 1.86. The van der Waals surface area contributed by atoms with E-state index in [2.05, 4.69) is 22.6 Å². The molecule has 1 aliphatic rings. The summed E-state index contributed by atoms with van der Waals surface area (Å²) in [7, 11) is 0. The maximum atomic E-state index is 11.3. The molecule has 0 N–H and O–H groups in total. The maximum absolute atomic E-state index is 11.3. The average Bonchev–Trinajstić information content (AvgIpc) is 2.04. The van der Waals surface area contributed by atoms with E-state index in [1.807, 2.05) is 6.92 Å². The lowest BCUT2D eigenvalue weighted by atomic mass is 9.87. The third-order valence-electron chi connectivity index (χ3n) is 2.47. The highest BCUT2D eigenvalue weighted by Crippen LogP contribution is 2.26. The normalized spacial score (nSPS) is 21.1. The summed E-state index contributed by atoms with van der Waals surface area (Å²) in [6.07, 6.45) is 6.98. The molecular formula is C10H17IO2. The molecule has 0 aromatic heterocycles. The van der Waals surface area contributed by atoms with Crippen molar-refractivity contribution >= 4 is 28.6 Å². The molecule has 0 heterocycles. The number of alkyl halides is 1. The molecule has 3 heteroatoms. The van der Waals surface area contributed by atoms with Crippen LogP contribution < -0.4 is 0 Å². The Balaban J connectivity index is 2.18. The van der Waals surface area contributed by atoms with Gasteiger partial charge in [0.05, 0.1) is 0 Å². The highest BCUT2D eigenvalue weighted by molar-refractivity contribution is 14.1. The molecule has 1 fully saturated rings. The summed E-state index contributed by atoms with van der Waals surface area (Å²) in [5.74, 6) is 0.574. The molecular weight excluding hydrogens is 279 g/mol. The van der Waals surface area contributed by atoms with Gasteiger partial charge < -0.3 is 4.74 Å². The molecule has 1 saturated carbocycles. The van der Waals surface area contributed by atoms with Crippen LogP contribution in [0.5, 0.6) is 0 Å². The van der Waals surface area contributed by atoms with Crippen LogP contribution in [0.1, 0.15) is 45.4 Å². The monoisotopic (exact) mass is 296 g/mol. The van der Waals surface area contributed by atoms with Gasteiger partial charge in [-0.1, -0.05) is 19.3 Å². The van der Waals surface area contributed by atoms with Crippen LogP contribution in [0.15, 0.2) is 0 Å². The van der Waals surface area contributed by atoms with Crippen molar-refractivity contribution in [3.8, 4) is 0 Å². The number of carbonyl (C=O) groups is 1. The molecule has 0 aromatic carbocycles. The molecule has 0 aromatic rings. The van der Waals surface area contributed by atoms with E-state index in [0.717, 1.165) is 0 Å². The Morgan fingerprint density at radius 2 is 2.08 bits per heavy atom. The van der Waals surface area contributed by atoms with E-state index in [-0.39, 0.29) is 10.1 Å². The van der Waals surface area contributed by atoms with E-state index in [0.29, 0.717) is 12.3 Å². The first-order valence-electron chi connectivity index (χ1n) is 5.02. The highest BCUT2D eigenvalue weighted by Gasteiger charge is 2.18. The molecule has 0 amide bonds. The molecule has 0 saturated heterocycles. The summed E-state index contributed by atoms with van der Waals surface area (Å²) in [6.45, 7) is 1.89. The van der Waals surface area contributed by atoms with Crippen molar-refractivity contribution in [1.29, 1.82) is 0 Å². The standard InChI is InChI=1S/C10H17IO2/c1-8(11)13-10(12)7-9-5-3-2-4-6-9/h8-9H,2-7H2,1H3. The van der Waals surface area contributed by atoms with Gasteiger partial charge in [0.15, 0.2) is 0 Å². The molecule has 0 spiro atoms. The van der Waals surface area contributed by atoms with Crippen molar-refractivity contribution in [1.82, 2.24) is 0 Å². The second kappa shape index (κ2) is 5.83. The highest BCUT2D eigenvalue weighted by atomic mass is 127. The van der Waals surface area contributed by atoms with Gasteiger partial charge in [-0.05, 0) is 48.3 Å². The zero-order valence-corrected chi connectivity index (χ0v) is 10.2. The number of hydrogen-bond acceptors (Lipinski definition) is 2. The molecule has 0 aliphatic heterocycles. The van der Waals surface area contributed by atoms with E-state index in [1.54, 1.807) is 0 Å². The predicted octanol–water partition coefficient (Wildman–Crippen LogP) is 3.28. The SMILES string of the molecule is CC(I)OC(=O)CC1CCCCC1. The smallest absolute Gasteiger partial charge is 0.307 e. The van der Waals surface area contributed by atoms with Crippen LogP contribution in [0.4, 0.5) is 0 Å². The molecule has 1 unspecified atom stereocenters. The minimum Gasteiger partial charge on any atom is -0.452 e. The van der Waals surface area contributed by atoms with Crippen molar-refractivity contribution < 1.29 is 9.53 Å². The second-order valence-electron chi connectivity index (χ2n) is 3.74. The van der Waals surface area contributed by atoms with Crippen molar-refractivity contribution in [3.63, 3.8) is 0 Å². The van der Waals surface area contributed by atoms with Crippen LogP contribution in [0, 0.1) is 5.92 Å². The lowest BCUT2D eigenvalue weighted by molar-refractivity contribution is -0.145.